The number of halogens is 2. The van der Waals surface area contributed by atoms with Crippen LogP contribution in [0.5, 0.6) is 0 Å². The molecule has 0 saturated carbocycles. The third-order valence-electron chi connectivity index (χ3n) is 7.73. The Morgan fingerprint density at radius 3 is 1.21 bits per heavy atom. The van der Waals surface area contributed by atoms with E-state index in [4.69, 9.17) is 0 Å². The summed E-state index contributed by atoms with van der Waals surface area (Å²) in [5, 5.41) is 10.3. The maximum absolute atomic E-state index is 3.78. The molecule has 0 atom stereocenters. The third kappa shape index (κ3) is 3.62. The second-order valence-corrected chi connectivity index (χ2v) is 11.9. The first-order chi connectivity index (χ1) is 18.5. The largest absolute Gasteiger partial charge is 0.0622 e. The van der Waals surface area contributed by atoms with Gasteiger partial charge in [-0.05, 0) is 115 Å². The van der Waals surface area contributed by atoms with Crippen molar-refractivity contribution in [2.24, 2.45) is 0 Å². The lowest BCUT2D eigenvalue weighted by atomic mass is 9.80. The molecular formula is C36H24Br2. The fraction of sp³-hybridized carbons (Fsp3) is 0.0556. The predicted molar refractivity (Wildman–Crippen MR) is 172 cm³/mol. The van der Waals surface area contributed by atoms with Crippen LogP contribution in [0.1, 0.15) is 11.1 Å². The minimum atomic E-state index is 1.09. The standard InChI is InChI=1S/C36H24Br2/c1-21-17-25-13-15-27(37)19-29(25)35-31(21)33(23-9-5-3-6-10-23)36-30-20-28(38)16-14-26(30)18-22(2)32(36)34(35)24-11-7-4-8-12-24/h3-20H,1-2H3. The molecular weight excluding hydrogens is 592 g/mol. The fourth-order valence-corrected chi connectivity index (χ4v) is 6.94. The lowest BCUT2D eigenvalue weighted by Gasteiger charge is -2.23. The quantitative estimate of drug-likeness (QED) is 0.134. The molecule has 2 heteroatoms. The highest BCUT2D eigenvalue weighted by molar-refractivity contribution is 9.10. The number of hydrogen-bond donors (Lipinski definition) is 0. The van der Waals surface area contributed by atoms with E-state index in [1.54, 1.807) is 0 Å². The first kappa shape index (κ1) is 23.6. The first-order valence-electron chi connectivity index (χ1n) is 12.8. The van der Waals surface area contributed by atoms with Crippen molar-refractivity contribution in [3.63, 3.8) is 0 Å². The highest BCUT2D eigenvalue weighted by atomic mass is 79.9. The van der Waals surface area contributed by atoms with Crippen molar-refractivity contribution in [2.75, 3.05) is 0 Å². The molecule has 0 bridgehead atoms. The van der Waals surface area contributed by atoms with E-state index >= 15 is 0 Å². The molecule has 7 aromatic rings. The summed E-state index contributed by atoms with van der Waals surface area (Å²) in [5.41, 5.74) is 7.68. The van der Waals surface area contributed by atoms with Crippen molar-refractivity contribution in [3.05, 3.63) is 129 Å². The number of fused-ring (bicyclic) bond motifs is 6. The van der Waals surface area contributed by atoms with Crippen molar-refractivity contribution in [3.8, 4) is 22.3 Å². The molecule has 0 spiro atoms. The Bertz CT molecular complexity index is 1890. The second kappa shape index (κ2) is 9.08. The Morgan fingerprint density at radius 1 is 0.421 bits per heavy atom. The van der Waals surface area contributed by atoms with Crippen molar-refractivity contribution in [1.82, 2.24) is 0 Å². The van der Waals surface area contributed by atoms with Crippen molar-refractivity contribution in [1.29, 1.82) is 0 Å². The zero-order valence-electron chi connectivity index (χ0n) is 21.1. The Balaban J connectivity index is 1.91. The molecule has 0 aliphatic heterocycles. The molecule has 0 aromatic heterocycles. The summed E-state index contributed by atoms with van der Waals surface area (Å²) in [6.45, 7) is 4.54. The van der Waals surface area contributed by atoms with Gasteiger partial charge in [-0.15, -0.1) is 0 Å². The minimum absolute atomic E-state index is 1.09. The summed E-state index contributed by atoms with van der Waals surface area (Å²) >= 11 is 7.56. The molecule has 0 amide bonds. The van der Waals surface area contributed by atoms with Gasteiger partial charge in [0.05, 0.1) is 0 Å². The molecule has 38 heavy (non-hydrogen) atoms. The molecule has 0 unspecified atom stereocenters. The van der Waals surface area contributed by atoms with Gasteiger partial charge in [-0.2, -0.15) is 0 Å². The van der Waals surface area contributed by atoms with Gasteiger partial charge in [0.15, 0.2) is 0 Å². The first-order valence-corrected chi connectivity index (χ1v) is 14.4. The summed E-state index contributed by atoms with van der Waals surface area (Å²) in [4.78, 5) is 0. The fourth-order valence-electron chi connectivity index (χ4n) is 6.22. The smallest absolute Gasteiger partial charge is 0.0181 e. The maximum atomic E-state index is 3.78. The van der Waals surface area contributed by atoms with Gasteiger partial charge in [-0.3, -0.25) is 0 Å². The molecule has 0 N–H and O–H groups in total. The highest BCUT2D eigenvalue weighted by Gasteiger charge is 2.23. The molecule has 0 radical (unpaired) electrons. The lowest BCUT2D eigenvalue weighted by Crippen LogP contribution is -1.97. The summed E-state index contributed by atoms with van der Waals surface area (Å²) in [6.07, 6.45) is 0. The van der Waals surface area contributed by atoms with E-state index in [-0.39, 0.29) is 0 Å². The average Bonchev–Trinajstić information content (AvgIpc) is 2.93. The molecule has 7 aromatic carbocycles. The van der Waals surface area contributed by atoms with Crippen LogP contribution in [0.4, 0.5) is 0 Å². The van der Waals surface area contributed by atoms with E-state index in [1.807, 2.05) is 0 Å². The zero-order chi connectivity index (χ0) is 26.0. The van der Waals surface area contributed by atoms with Gasteiger partial charge in [0, 0.05) is 8.95 Å². The van der Waals surface area contributed by atoms with E-state index in [0.29, 0.717) is 0 Å². The lowest BCUT2D eigenvalue weighted by molar-refractivity contribution is 1.53. The number of hydrogen-bond acceptors (Lipinski definition) is 0. The van der Waals surface area contributed by atoms with Crippen LogP contribution in [0.25, 0.3) is 65.3 Å². The van der Waals surface area contributed by atoms with Crippen LogP contribution in [0.2, 0.25) is 0 Å². The molecule has 0 aliphatic rings. The van der Waals surface area contributed by atoms with E-state index in [0.717, 1.165) is 8.95 Å². The number of aryl methyl sites for hydroxylation is 2. The Kier molecular flexibility index (Phi) is 5.65. The van der Waals surface area contributed by atoms with Gasteiger partial charge >= 0.3 is 0 Å². The Hall–Kier alpha value is -3.46. The number of rotatable bonds is 2. The monoisotopic (exact) mass is 614 g/mol. The van der Waals surface area contributed by atoms with E-state index in [2.05, 4.69) is 155 Å². The Labute approximate surface area is 239 Å². The van der Waals surface area contributed by atoms with Crippen LogP contribution in [-0.4, -0.2) is 0 Å². The van der Waals surface area contributed by atoms with E-state index in [9.17, 15) is 0 Å². The van der Waals surface area contributed by atoms with Gasteiger partial charge < -0.3 is 0 Å². The third-order valence-corrected chi connectivity index (χ3v) is 8.71. The molecule has 0 fully saturated rings. The minimum Gasteiger partial charge on any atom is -0.0622 e. The van der Waals surface area contributed by atoms with Gasteiger partial charge in [-0.1, -0.05) is 117 Å². The molecule has 0 heterocycles. The molecule has 7 rings (SSSR count). The Morgan fingerprint density at radius 2 is 0.816 bits per heavy atom. The average molecular weight is 616 g/mol. The van der Waals surface area contributed by atoms with Crippen LogP contribution in [0.3, 0.4) is 0 Å². The van der Waals surface area contributed by atoms with E-state index in [1.165, 1.54) is 76.5 Å². The highest BCUT2D eigenvalue weighted by Crippen LogP contribution is 2.50. The molecule has 0 nitrogen and oxygen atoms in total. The summed E-state index contributed by atoms with van der Waals surface area (Å²) < 4.78 is 2.18. The van der Waals surface area contributed by atoms with Crippen LogP contribution in [0, 0.1) is 13.8 Å². The normalized spacial score (nSPS) is 11.7. The van der Waals surface area contributed by atoms with Crippen LogP contribution in [0.15, 0.2) is 118 Å². The number of benzene rings is 7. The predicted octanol–water partition coefficient (Wildman–Crippen LogP) is 11.8. The van der Waals surface area contributed by atoms with Crippen LogP contribution < -0.4 is 0 Å². The van der Waals surface area contributed by atoms with E-state index < -0.39 is 0 Å². The van der Waals surface area contributed by atoms with Gasteiger partial charge in [0.25, 0.3) is 0 Å². The molecule has 182 valence electrons. The SMILES string of the molecule is Cc1cc2ccc(Br)cc2c2c(-c3ccccc3)c3c(C)cc4ccc(Br)cc4c3c(-c3ccccc3)c12. The van der Waals surface area contributed by atoms with Crippen molar-refractivity contribution >= 4 is 74.9 Å². The topological polar surface area (TPSA) is 0 Å². The van der Waals surface area contributed by atoms with Gasteiger partial charge in [0.2, 0.25) is 0 Å². The van der Waals surface area contributed by atoms with Crippen molar-refractivity contribution < 1.29 is 0 Å². The molecule has 0 saturated heterocycles. The summed E-state index contributed by atoms with van der Waals surface area (Å²) in [5.74, 6) is 0. The summed E-state index contributed by atoms with van der Waals surface area (Å²) in [6, 6.07) is 39.9. The van der Waals surface area contributed by atoms with Crippen molar-refractivity contribution in [2.45, 2.75) is 13.8 Å². The van der Waals surface area contributed by atoms with Gasteiger partial charge in [0.1, 0.15) is 0 Å². The summed E-state index contributed by atoms with van der Waals surface area (Å²) in [7, 11) is 0. The van der Waals surface area contributed by atoms with Crippen LogP contribution >= 0.6 is 31.9 Å². The van der Waals surface area contributed by atoms with Gasteiger partial charge in [-0.25, -0.2) is 0 Å². The maximum Gasteiger partial charge on any atom is 0.0181 e. The second-order valence-electron chi connectivity index (χ2n) is 10.1. The zero-order valence-corrected chi connectivity index (χ0v) is 24.3. The molecule has 0 aliphatic carbocycles. The van der Waals surface area contributed by atoms with Crippen LogP contribution in [-0.2, 0) is 0 Å².